The molecule has 7 heteroatoms. The van der Waals surface area contributed by atoms with E-state index in [0.717, 1.165) is 0 Å². The molecular formula is C17H17F2NO4. The van der Waals surface area contributed by atoms with E-state index in [1.807, 2.05) is 0 Å². The first-order chi connectivity index (χ1) is 11.4. The Morgan fingerprint density at radius 2 is 1.71 bits per heavy atom. The molecule has 1 heterocycles. The zero-order valence-electron chi connectivity index (χ0n) is 13.5. The number of hydrogen-bond donors (Lipinski definition) is 1. The van der Waals surface area contributed by atoms with Crippen LogP contribution in [0.3, 0.4) is 0 Å². The molecule has 0 aromatic heterocycles. The van der Waals surface area contributed by atoms with Gasteiger partial charge in [0.05, 0.1) is 23.7 Å². The fraction of sp³-hybridized carbons (Fsp3) is 0.294. The van der Waals surface area contributed by atoms with Crippen LogP contribution in [0, 0.1) is 5.82 Å². The van der Waals surface area contributed by atoms with Gasteiger partial charge in [0, 0.05) is 21.5 Å². The number of allylic oxidation sites excluding steroid dienone is 2. The van der Waals surface area contributed by atoms with Crippen LogP contribution < -0.4 is 5.32 Å². The maximum Gasteiger partial charge on any atom is 0.378 e. The van der Waals surface area contributed by atoms with Crippen molar-refractivity contribution in [1.29, 1.82) is 0 Å². The van der Waals surface area contributed by atoms with Crippen LogP contribution in [0.5, 0.6) is 0 Å². The van der Waals surface area contributed by atoms with E-state index in [-0.39, 0.29) is 29.0 Å². The van der Waals surface area contributed by atoms with Crippen molar-refractivity contribution in [1.82, 2.24) is 5.32 Å². The molecule has 1 aromatic carbocycles. The van der Waals surface area contributed by atoms with Gasteiger partial charge in [-0.15, -0.1) is 0 Å². The highest BCUT2D eigenvalue weighted by molar-refractivity contribution is 5.99. The first-order valence-electron chi connectivity index (χ1n) is 7.35. The van der Waals surface area contributed by atoms with Crippen molar-refractivity contribution < 1.29 is 28.2 Å². The predicted octanol–water partition coefficient (Wildman–Crippen LogP) is 3.05. The monoisotopic (exact) mass is 337 g/mol. The summed E-state index contributed by atoms with van der Waals surface area (Å²) in [6.07, 6.45) is 0. The Kier molecular flexibility index (Phi) is 5.33. The summed E-state index contributed by atoms with van der Waals surface area (Å²) in [4.78, 5) is 27.6. The van der Waals surface area contributed by atoms with Gasteiger partial charge in [-0.25, -0.2) is 18.9 Å². The van der Waals surface area contributed by atoms with Gasteiger partial charge in [-0.2, -0.15) is 0 Å². The van der Waals surface area contributed by atoms with Crippen LogP contribution in [0.4, 0.5) is 8.92 Å². The van der Waals surface area contributed by atoms with Gasteiger partial charge in [-0.1, -0.05) is 18.2 Å². The molecule has 1 N–H and O–H groups in total. The molecule has 0 radical (unpaired) electrons. The number of dihydropyridines is 1. The number of nitrogens with one attached hydrogen (secondary N) is 1. The van der Waals surface area contributed by atoms with Crippen molar-refractivity contribution in [2.75, 3.05) is 6.61 Å². The van der Waals surface area contributed by atoms with Crippen LogP contribution in [-0.4, -0.2) is 18.5 Å². The number of carbonyl (C=O) groups is 2. The second-order valence-corrected chi connectivity index (χ2v) is 5.24. The van der Waals surface area contributed by atoms with Crippen molar-refractivity contribution >= 4 is 11.9 Å². The third kappa shape index (κ3) is 3.15. The third-order valence-corrected chi connectivity index (χ3v) is 3.76. The van der Waals surface area contributed by atoms with Crippen LogP contribution >= 0.6 is 0 Å². The lowest BCUT2D eigenvalue weighted by Gasteiger charge is -2.29. The van der Waals surface area contributed by atoms with Crippen LogP contribution in [0.15, 0.2) is 46.8 Å². The van der Waals surface area contributed by atoms with Crippen molar-refractivity contribution in [3.8, 4) is 0 Å². The zero-order valence-corrected chi connectivity index (χ0v) is 13.5. The zero-order chi connectivity index (χ0) is 17.9. The van der Waals surface area contributed by atoms with Gasteiger partial charge in [0.25, 0.3) is 0 Å². The number of hydrogen-bond acceptors (Lipinski definition) is 5. The molecule has 1 unspecified atom stereocenters. The maximum absolute atomic E-state index is 14.3. The highest BCUT2D eigenvalue weighted by Crippen LogP contribution is 2.40. The van der Waals surface area contributed by atoms with Gasteiger partial charge in [0.15, 0.2) is 0 Å². The van der Waals surface area contributed by atoms with Gasteiger partial charge in [0.2, 0.25) is 0 Å². The minimum absolute atomic E-state index is 0.0351. The average Bonchev–Trinajstić information content (AvgIpc) is 2.54. The van der Waals surface area contributed by atoms with Crippen molar-refractivity contribution in [3.05, 3.63) is 58.2 Å². The predicted molar refractivity (Wildman–Crippen MR) is 81.5 cm³/mol. The fourth-order valence-electron chi connectivity index (χ4n) is 2.81. The highest BCUT2D eigenvalue weighted by Gasteiger charge is 2.39. The summed E-state index contributed by atoms with van der Waals surface area (Å²) in [7, 11) is 0. The summed E-state index contributed by atoms with van der Waals surface area (Å²) in [5, 5.41) is 2.82. The lowest BCUT2D eigenvalue weighted by Crippen LogP contribution is -2.32. The van der Waals surface area contributed by atoms with E-state index < -0.39 is 23.7 Å². The summed E-state index contributed by atoms with van der Waals surface area (Å²) in [5.41, 5.74) is 0.580. The van der Waals surface area contributed by atoms with Gasteiger partial charge in [0.1, 0.15) is 5.82 Å². The minimum atomic E-state index is -1.29. The molecule has 128 valence electrons. The molecule has 2 rings (SSSR count). The number of benzene rings is 1. The number of esters is 1. The van der Waals surface area contributed by atoms with Gasteiger partial charge in [-0.05, 0) is 26.8 Å². The highest BCUT2D eigenvalue weighted by atomic mass is 19.3. The maximum atomic E-state index is 14.3. The van der Waals surface area contributed by atoms with Gasteiger partial charge < -0.3 is 10.1 Å². The SMILES string of the molecule is CCOC(=O)C1=C(C)NC(C)=C(C(=O)OF)C1c1ccccc1F. The van der Waals surface area contributed by atoms with E-state index in [1.165, 1.54) is 25.1 Å². The molecule has 1 aliphatic rings. The third-order valence-electron chi connectivity index (χ3n) is 3.76. The molecule has 5 nitrogen and oxygen atoms in total. The number of halogens is 2. The minimum Gasteiger partial charge on any atom is -0.463 e. The molecule has 0 saturated heterocycles. The topological polar surface area (TPSA) is 64.6 Å². The number of carbonyl (C=O) groups excluding carboxylic acids is 2. The molecular weight excluding hydrogens is 320 g/mol. The van der Waals surface area contributed by atoms with Crippen molar-refractivity contribution in [2.24, 2.45) is 0 Å². The lowest BCUT2D eigenvalue weighted by molar-refractivity contribution is -0.178. The van der Waals surface area contributed by atoms with Crippen LogP contribution in [0.1, 0.15) is 32.3 Å². The summed E-state index contributed by atoms with van der Waals surface area (Å²) in [5.74, 6) is -3.76. The Hall–Kier alpha value is -2.70. The quantitative estimate of drug-likeness (QED) is 0.856. The Labute approximate surface area is 137 Å². The van der Waals surface area contributed by atoms with Gasteiger partial charge >= 0.3 is 11.9 Å². The molecule has 24 heavy (non-hydrogen) atoms. The number of rotatable bonds is 4. The molecule has 0 fully saturated rings. The average molecular weight is 337 g/mol. The van der Waals surface area contributed by atoms with E-state index in [2.05, 4.69) is 10.3 Å². The van der Waals surface area contributed by atoms with E-state index in [9.17, 15) is 18.5 Å². The smallest absolute Gasteiger partial charge is 0.378 e. The lowest BCUT2D eigenvalue weighted by atomic mass is 9.80. The second kappa shape index (κ2) is 7.25. The normalized spacial score (nSPS) is 17.5. The Balaban J connectivity index is 2.69. The standard InChI is InChI=1S/C17H17F2NO4/c1-4-23-16(21)13-9(2)20-10(3)14(17(22)24-19)15(13)11-7-5-6-8-12(11)18/h5-8,15,20H,4H2,1-3H3. The second-order valence-electron chi connectivity index (χ2n) is 5.24. The Bertz CT molecular complexity index is 740. The van der Waals surface area contributed by atoms with Crippen LogP contribution in [-0.2, 0) is 19.3 Å². The molecule has 0 spiro atoms. The molecule has 0 aliphatic carbocycles. The summed E-state index contributed by atoms with van der Waals surface area (Å²) in [6.45, 7) is 4.85. The van der Waals surface area contributed by atoms with E-state index in [1.54, 1.807) is 19.9 Å². The first-order valence-corrected chi connectivity index (χ1v) is 7.35. The van der Waals surface area contributed by atoms with Gasteiger partial charge in [-0.3, -0.25) is 0 Å². The molecule has 0 saturated carbocycles. The Morgan fingerprint density at radius 3 is 2.25 bits per heavy atom. The van der Waals surface area contributed by atoms with Crippen LogP contribution in [0.25, 0.3) is 0 Å². The molecule has 0 bridgehead atoms. The van der Waals surface area contributed by atoms with E-state index in [0.29, 0.717) is 5.70 Å². The Morgan fingerprint density at radius 1 is 1.12 bits per heavy atom. The largest absolute Gasteiger partial charge is 0.463 e. The van der Waals surface area contributed by atoms with E-state index >= 15 is 0 Å². The summed E-state index contributed by atoms with van der Waals surface area (Å²) in [6, 6.07) is 5.66. The molecule has 1 aromatic rings. The number of ether oxygens (including phenoxy) is 1. The van der Waals surface area contributed by atoms with Crippen molar-refractivity contribution in [3.63, 3.8) is 0 Å². The molecule has 1 aliphatic heterocycles. The summed E-state index contributed by atoms with van der Waals surface area (Å²) < 4.78 is 31.9. The molecule has 0 amide bonds. The van der Waals surface area contributed by atoms with E-state index in [4.69, 9.17) is 4.74 Å². The first kappa shape index (κ1) is 17.7. The van der Waals surface area contributed by atoms with Crippen LogP contribution in [0.2, 0.25) is 0 Å². The fourth-order valence-corrected chi connectivity index (χ4v) is 2.81. The van der Waals surface area contributed by atoms with Crippen molar-refractivity contribution in [2.45, 2.75) is 26.7 Å². The summed E-state index contributed by atoms with van der Waals surface area (Å²) >= 11 is 0. The molecule has 1 atom stereocenters.